The second-order valence-corrected chi connectivity index (χ2v) is 4.50. The SMILES string of the molecule is Cc1cnn(CCNC(=O)CCCC(C)N)c1. The second kappa shape index (κ2) is 7.06. The number of rotatable bonds is 7. The first-order chi connectivity index (χ1) is 8.08. The van der Waals surface area contributed by atoms with E-state index in [0.717, 1.165) is 18.4 Å². The molecule has 1 amide bonds. The first-order valence-corrected chi connectivity index (χ1v) is 6.09. The fourth-order valence-electron chi connectivity index (χ4n) is 1.57. The number of nitrogens with one attached hydrogen (secondary N) is 1. The summed E-state index contributed by atoms with van der Waals surface area (Å²) in [6.45, 7) is 5.29. The van der Waals surface area contributed by atoms with Gasteiger partial charge in [-0.05, 0) is 32.3 Å². The maximum absolute atomic E-state index is 11.4. The highest BCUT2D eigenvalue weighted by molar-refractivity contribution is 5.75. The molecule has 5 nitrogen and oxygen atoms in total. The van der Waals surface area contributed by atoms with Crippen molar-refractivity contribution >= 4 is 5.91 Å². The van der Waals surface area contributed by atoms with E-state index >= 15 is 0 Å². The third-order valence-electron chi connectivity index (χ3n) is 2.49. The molecule has 5 heteroatoms. The lowest BCUT2D eigenvalue weighted by Crippen LogP contribution is -2.27. The predicted molar refractivity (Wildman–Crippen MR) is 67.5 cm³/mol. The van der Waals surface area contributed by atoms with Gasteiger partial charge in [-0.3, -0.25) is 9.48 Å². The molecular weight excluding hydrogens is 216 g/mol. The first kappa shape index (κ1) is 13.7. The van der Waals surface area contributed by atoms with Crippen LogP contribution in [0.1, 0.15) is 31.7 Å². The number of aryl methyl sites for hydroxylation is 1. The Morgan fingerprint density at radius 2 is 2.41 bits per heavy atom. The normalized spacial score (nSPS) is 12.4. The van der Waals surface area contributed by atoms with Crippen molar-refractivity contribution in [2.75, 3.05) is 6.54 Å². The summed E-state index contributed by atoms with van der Waals surface area (Å²) in [5, 5.41) is 7.02. The van der Waals surface area contributed by atoms with Gasteiger partial charge < -0.3 is 11.1 Å². The van der Waals surface area contributed by atoms with Gasteiger partial charge in [-0.15, -0.1) is 0 Å². The molecular formula is C12H22N4O. The Labute approximate surface area is 102 Å². The molecule has 0 spiro atoms. The molecule has 1 aromatic heterocycles. The molecule has 0 bridgehead atoms. The largest absolute Gasteiger partial charge is 0.354 e. The fourth-order valence-corrected chi connectivity index (χ4v) is 1.57. The van der Waals surface area contributed by atoms with Crippen molar-refractivity contribution in [1.82, 2.24) is 15.1 Å². The van der Waals surface area contributed by atoms with Crippen molar-refractivity contribution in [2.45, 2.75) is 45.7 Å². The summed E-state index contributed by atoms with van der Waals surface area (Å²) in [4.78, 5) is 11.4. The zero-order valence-corrected chi connectivity index (χ0v) is 10.6. The monoisotopic (exact) mass is 238 g/mol. The Morgan fingerprint density at radius 1 is 1.65 bits per heavy atom. The Morgan fingerprint density at radius 3 is 3.00 bits per heavy atom. The van der Waals surface area contributed by atoms with Crippen LogP contribution >= 0.6 is 0 Å². The van der Waals surface area contributed by atoms with Gasteiger partial charge in [0.05, 0.1) is 12.7 Å². The smallest absolute Gasteiger partial charge is 0.220 e. The lowest BCUT2D eigenvalue weighted by molar-refractivity contribution is -0.121. The van der Waals surface area contributed by atoms with E-state index in [0.29, 0.717) is 19.5 Å². The Balaban J connectivity index is 2.08. The molecule has 17 heavy (non-hydrogen) atoms. The highest BCUT2D eigenvalue weighted by Crippen LogP contribution is 1.98. The Bertz CT molecular complexity index is 346. The molecule has 96 valence electrons. The lowest BCUT2D eigenvalue weighted by atomic mass is 10.1. The summed E-state index contributed by atoms with van der Waals surface area (Å²) in [7, 11) is 0. The van der Waals surface area contributed by atoms with E-state index in [2.05, 4.69) is 10.4 Å². The van der Waals surface area contributed by atoms with E-state index in [-0.39, 0.29) is 11.9 Å². The van der Waals surface area contributed by atoms with Gasteiger partial charge >= 0.3 is 0 Å². The van der Waals surface area contributed by atoms with Gasteiger partial charge in [0.25, 0.3) is 0 Å². The van der Waals surface area contributed by atoms with Crippen LogP contribution in [0.2, 0.25) is 0 Å². The van der Waals surface area contributed by atoms with Gasteiger partial charge in [0, 0.05) is 25.2 Å². The molecule has 0 aromatic carbocycles. The summed E-state index contributed by atoms with van der Waals surface area (Å²) in [5.41, 5.74) is 6.75. The van der Waals surface area contributed by atoms with Gasteiger partial charge in [-0.1, -0.05) is 0 Å². The number of hydrogen-bond donors (Lipinski definition) is 2. The van der Waals surface area contributed by atoms with Crippen molar-refractivity contribution in [3.8, 4) is 0 Å². The molecule has 1 aromatic rings. The zero-order valence-electron chi connectivity index (χ0n) is 10.6. The van der Waals surface area contributed by atoms with E-state index in [1.54, 1.807) is 0 Å². The van der Waals surface area contributed by atoms with Crippen LogP contribution in [0.4, 0.5) is 0 Å². The summed E-state index contributed by atoms with van der Waals surface area (Å²) in [6, 6.07) is 0.176. The van der Waals surface area contributed by atoms with Crippen LogP contribution in [0.5, 0.6) is 0 Å². The highest BCUT2D eigenvalue weighted by atomic mass is 16.1. The number of amides is 1. The third kappa shape index (κ3) is 6.06. The maximum Gasteiger partial charge on any atom is 0.220 e. The molecule has 0 aliphatic carbocycles. The molecule has 1 unspecified atom stereocenters. The van der Waals surface area contributed by atoms with Crippen LogP contribution < -0.4 is 11.1 Å². The summed E-state index contributed by atoms with van der Waals surface area (Å²) < 4.78 is 1.83. The van der Waals surface area contributed by atoms with Gasteiger partial charge in [0.15, 0.2) is 0 Å². The summed E-state index contributed by atoms with van der Waals surface area (Å²) in [5.74, 6) is 0.0922. The van der Waals surface area contributed by atoms with Crippen molar-refractivity contribution in [1.29, 1.82) is 0 Å². The molecule has 0 radical (unpaired) electrons. The van der Waals surface area contributed by atoms with Crippen LogP contribution in [0.3, 0.4) is 0 Å². The minimum absolute atomic E-state index is 0.0922. The molecule has 0 aliphatic heterocycles. The Kier molecular flexibility index (Phi) is 5.69. The van der Waals surface area contributed by atoms with Crippen molar-refractivity contribution in [3.63, 3.8) is 0 Å². The summed E-state index contributed by atoms with van der Waals surface area (Å²) >= 11 is 0. The predicted octanol–water partition coefficient (Wildman–Crippen LogP) is 0.825. The quantitative estimate of drug-likeness (QED) is 0.739. The van der Waals surface area contributed by atoms with Gasteiger partial charge in [-0.2, -0.15) is 5.10 Å². The van der Waals surface area contributed by atoms with E-state index in [1.807, 2.05) is 30.9 Å². The number of hydrogen-bond acceptors (Lipinski definition) is 3. The summed E-state index contributed by atoms with van der Waals surface area (Å²) in [6.07, 6.45) is 6.07. The zero-order chi connectivity index (χ0) is 12.7. The average molecular weight is 238 g/mol. The van der Waals surface area contributed by atoms with E-state index in [9.17, 15) is 4.79 Å². The number of aromatic nitrogens is 2. The van der Waals surface area contributed by atoms with Crippen LogP contribution in [0.15, 0.2) is 12.4 Å². The average Bonchev–Trinajstić information content (AvgIpc) is 2.63. The molecule has 0 aliphatic rings. The highest BCUT2D eigenvalue weighted by Gasteiger charge is 2.02. The number of nitrogens with two attached hydrogens (primary N) is 1. The maximum atomic E-state index is 11.4. The topological polar surface area (TPSA) is 72.9 Å². The van der Waals surface area contributed by atoms with Crippen LogP contribution in [0, 0.1) is 6.92 Å². The van der Waals surface area contributed by atoms with Crippen LogP contribution in [-0.2, 0) is 11.3 Å². The molecule has 1 heterocycles. The number of carbonyl (C=O) groups is 1. The minimum atomic E-state index is 0.0922. The van der Waals surface area contributed by atoms with Crippen molar-refractivity contribution in [3.05, 3.63) is 18.0 Å². The second-order valence-electron chi connectivity index (χ2n) is 4.50. The molecule has 0 fully saturated rings. The number of carbonyl (C=O) groups excluding carboxylic acids is 1. The van der Waals surface area contributed by atoms with E-state index in [4.69, 9.17) is 5.73 Å². The molecule has 1 atom stereocenters. The van der Waals surface area contributed by atoms with E-state index in [1.165, 1.54) is 0 Å². The van der Waals surface area contributed by atoms with Gasteiger partial charge in [0.2, 0.25) is 5.91 Å². The lowest BCUT2D eigenvalue weighted by Gasteiger charge is -2.06. The molecule has 1 rings (SSSR count). The van der Waals surface area contributed by atoms with Gasteiger partial charge in [-0.25, -0.2) is 0 Å². The standard InChI is InChI=1S/C12H22N4O/c1-10-8-15-16(9-10)7-6-14-12(17)5-3-4-11(2)13/h8-9,11H,3-7,13H2,1-2H3,(H,14,17). The Hall–Kier alpha value is -1.36. The first-order valence-electron chi connectivity index (χ1n) is 6.09. The van der Waals surface area contributed by atoms with Crippen molar-refractivity contribution in [2.24, 2.45) is 5.73 Å². The van der Waals surface area contributed by atoms with Gasteiger partial charge in [0.1, 0.15) is 0 Å². The minimum Gasteiger partial charge on any atom is -0.354 e. The molecule has 3 N–H and O–H groups in total. The van der Waals surface area contributed by atoms with Crippen LogP contribution in [-0.4, -0.2) is 28.3 Å². The van der Waals surface area contributed by atoms with Crippen molar-refractivity contribution < 1.29 is 4.79 Å². The fraction of sp³-hybridized carbons (Fsp3) is 0.667. The molecule has 0 saturated heterocycles. The van der Waals surface area contributed by atoms with E-state index < -0.39 is 0 Å². The molecule has 0 saturated carbocycles. The van der Waals surface area contributed by atoms with Crippen LogP contribution in [0.25, 0.3) is 0 Å². The number of nitrogens with zero attached hydrogens (tertiary/aromatic N) is 2. The third-order valence-corrected chi connectivity index (χ3v) is 2.49.